The molecule has 24 heavy (non-hydrogen) atoms. The molecule has 126 valence electrons. The molecule has 0 aliphatic heterocycles. The van der Waals surface area contributed by atoms with E-state index in [9.17, 15) is 9.59 Å². The Bertz CT molecular complexity index is 720. The maximum Gasteiger partial charge on any atom is 0.344 e. The highest BCUT2D eigenvalue weighted by Gasteiger charge is 2.09. The van der Waals surface area contributed by atoms with Crippen molar-refractivity contribution in [2.24, 2.45) is 0 Å². The number of halogens is 1. The average molecular weight is 350 g/mol. The Kier molecular flexibility index (Phi) is 6.45. The van der Waals surface area contributed by atoms with Crippen LogP contribution in [0, 0.1) is 0 Å². The Labute approximate surface area is 144 Å². The number of carbonyl (C=O) groups is 2. The minimum absolute atomic E-state index is 0.313. The highest BCUT2D eigenvalue weighted by atomic mass is 35.5. The van der Waals surface area contributed by atoms with Crippen molar-refractivity contribution in [2.45, 2.75) is 0 Å². The smallest absolute Gasteiger partial charge is 0.344 e. The lowest BCUT2D eigenvalue weighted by Gasteiger charge is -2.09. The van der Waals surface area contributed by atoms with E-state index in [1.54, 1.807) is 48.5 Å². The average Bonchev–Trinajstić information content (AvgIpc) is 2.58. The fourth-order valence-corrected chi connectivity index (χ4v) is 1.96. The molecule has 1 amide bonds. The number of esters is 1. The first-order chi connectivity index (χ1) is 11.6. The Morgan fingerprint density at radius 3 is 2.54 bits per heavy atom. The van der Waals surface area contributed by atoms with Crippen LogP contribution >= 0.6 is 11.6 Å². The largest absolute Gasteiger partial charge is 0.497 e. The zero-order valence-electron chi connectivity index (χ0n) is 13.0. The highest BCUT2D eigenvalue weighted by molar-refractivity contribution is 6.30. The molecule has 0 aliphatic rings. The van der Waals surface area contributed by atoms with Crippen LogP contribution in [0.15, 0.2) is 48.5 Å². The zero-order chi connectivity index (χ0) is 17.4. The van der Waals surface area contributed by atoms with Crippen molar-refractivity contribution in [1.29, 1.82) is 0 Å². The van der Waals surface area contributed by atoms with Gasteiger partial charge in [-0.3, -0.25) is 4.79 Å². The summed E-state index contributed by atoms with van der Waals surface area (Å²) in [6.07, 6.45) is 0. The fraction of sp³-hybridized carbons (Fsp3) is 0.176. The second kappa shape index (κ2) is 8.79. The number of carbonyl (C=O) groups excluding carboxylic acids is 2. The Morgan fingerprint density at radius 1 is 1.04 bits per heavy atom. The summed E-state index contributed by atoms with van der Waals surface area (Å²) in [4.78, 5) is 23.3. The van der Waals surface area contributed by atoms with Crippen LogP contribution in [0.5, 0.6) is 11.5 Å². The number of amides is 1. The SMILES string of the molecule is COc1cccc(NC(=O)COC(=O)COc2cccc(Cl)c2)c1. The normalized spacial score (nSPS) is 9.92. The topological polar surface area (TPSA) is 73.9 Å². The first kappa shape index (κ1) is 17.6. The lowest BCUT2D eigenvalue weighted by Crippen LogP contribution is -2.23. The van der Waals surface area contributed by atoms with E-state index >= 15 is 0 Å². The van der Waals surface area contributed by atoms with E-state index in [0.29, 0.717) is 22.2 Å². The molecule has 2 aromatic rings. The van der Waals surface area contributed by atoms with Crippen molar-refractivity contribution in [1.82, 2.24) is 0 Å². The second-order valence-electron chi connectivity index (χ2n) is 4.69. The minimum atomic E-state index is -0.657. The third kappa shape index (κ3) is 5.81. The molecule has 0 saturated heterocycles. The van der Waals surface area contributed by atoms with Gasteiger partial charge in [-0.25, -0.2) is 4.79 Å². The Balaban J connectivity index is 1.73. The van der Waals surface area contributed by atoms with Crippen molar-refractivity contribution < 1.29 is 23.8 Å². The van der Waals surface area contributed by atoms with Crippen LogP contribution < -0.4 is 14.8 Å². The zero-order valence-corrected chi connectivity index (χ0v) is 13.7. The van der Waals surface area contributed by atoms with Gasteiger partial charge in [0.05, 0.1) is 7.11 Å². The molecule has 0 radical (unpaired) electrons. The van der Waals surface area contributed by atoms with E-state index in [2.05, 4.69) is 5.32 Å². The van der Waals surface area contributed by atoms with Gasteiger partial charge >= 0.3 is 5.97 Å². The van der Waals surface area contributed by atoms with E-state index in [-0.39, 0.29) is 6.61 Å². The summed E-state index contributed by atoms with van der Waals surface area (Å²) in [5.74, 6) is -0.0601. The molecule has 0 heterocycles. The van der Waals surface area contributed by atoms with Crippen molar-refractivity contribution in [3.05, 3.63) is 53.6 Å². The number of hydrogen-bond donors (Lipinski definition) is 1. The summed E-state index contributed by atoms with van der Waals surface area (Å²) in [5.41, 5.74) is 0.547. The van der Waals surface area contributed by atoms with Gasteiger partial charge in [-0.2, -0.15) is 0 Å². The van der Waals surface area contributed by atoms with Crippen LogP contribution in [-0.4, -0.2) is 32.2 Å². The lowest BCUT2D eigenvalue weighted by molar-refractivity contribution is -0.149. The molecular formula is C17H16ClNO5. The predicted octanol–water partition coefficient (Wildman–Crippen LogP) is 2.91. The summed E-state index contributed by atoms with van der Waals surface area (Å²) in [6, 6.07) is 13.5. The van der Waals surface area contributed by atoms with Crippen molar-refractivity contribution >= 4 is 29.2 Å². The fourth-order valence-electron chi connectivity index (χ4n) is 1.78. The third-order valence-electron chi connectivity index (χ3n) is 2.87. The van der Waals surface area contributed by atoms with Crippen LogP contribution in [0.3, 0.4) is 0 Å². The molecule has 7 heteroatoms. The molecule has 2 aromatic carbocycles. The molecule has 0 saturated carbocycles. The van der Waals surface area contributed by atoms with E-state index in [4.69, 9.17) is 25.8 Å². The van der Waals surface area contributed by atoms with Gasteiger partial charge in [0.15, 0.2) is 13.2 Å². The molecule has 0 aromatic heterocycles. The lowest BCUT2D eigenvalue weighted by atomic mass is 10.3. The van der Waals surface area contributed by atoms with Gasteiger partial charge < -0.3 is 19.5 Å². The Hall–Kier alpha value is -2.73. The predicted molar refractivity (Wildman–Crippen MR) is 89.5 cm³/mol. The minimum Gasteiger partial charge on any atom is -0.497 e. The van der Waals surface area contributed by atoms with Crippen LogP contribution in [0.4, 0.5) is 5.69 Å². The van der Waals surface area contributed by atoms with Gasteiger partial charge in [0.25, 0.3) is 5.91 Å². The first-order valence-electron chi connectivity index (χ1n) is 7.05. The third-order valence-corrected chi connectivity index (χ3v) is 3.11. The monoisotopic (exact) mass is 349 g/mol. The van der Waals surface area contributed by atoms with Crippen molar-refractivity contribution in [2.75, 3.05) is 25.6 Å². The van der Waals surface area contributed by atoms with E-state index in [0.717, 1.165) is 0 Å². The number of rotatable bonds is 7. The van der Waals surface area contributed by atoms with Crippen LogP contribution in [0.25, 0.3) is 0 Å². The van der Waals surface area contributed by atoms with E-state index < -0.39 is 18.5 Å². The molecule has 0 spiro atoms. The number of methoxy groups -OCH3 is 1. The summed E-state index contributed by atoms with van der Waals surface area (Å²) < 4.78 is 15.1. The van der Waals surface area contributed by atoms with Gasteiger partial charge in [-0.1, -0.05) is 23.7 Å². The number of benzene rings is 2. The maximum atomic E-state index is 11.7. The Morgan fingerprint density at radius 2 is 1.79 bits per heavy atom. The molecule has 2 rings (SSSR count). The van der Waals surface area contributed by atoms with Crippen LogP contribution in [0.1, 0.15) is 0 Å². The van der Waals surface area contributed by atoms with Crippen LogP contribution in [-0.2, 0) is 14.3 Å². The highest BCUT2D eigenvalue weighted by Crippen LogP contribution is 2.17. The number of nitrogens with one attached hydrogen (secondary N) is 1. The van der Waals surface area contributed by atoms with Gasteiger partial charge in [-0.15, -0.1) is 0 Å². The summed E-state index contributed by atoms with van der Waals surface area (Å²) in [5, 5.41) is 3.10. The summed E-state index contributed by atoms with van der Waals surface area (Å²) in [6.45, 7) is -0.721. The first-order valence-corrected chi connectivity index (χ1v) is 7.42. The maximum absolute atomic E-state index is 11.7. The molecule has 0 bridgehead atoms. The van der Waals surface area contributed by atoms with Crippen molar-refractivity contribution in [3.63, 3.8) is 0 Å². The van der Waals surface area contributed by atoms with Gasteiger partial charge in [0.2, 0.25) is 0 Å². The molecular weight excluding hydrogens is 334 g/mol. The molecule has 6 nitrogen and oxygen atoms in total. The molecule has 0 atom stereocenters. The molecule has 0 aliphatic carbocycles. The van der Waals surface area contributed by atoms with E-state index in [1.165, 1.54) is 7.11 Å². The molecule has 1 N–H and O–H groups in total. The summed E-state index contributed by atoms with van der Waals surface area (Å²) >= 11 is 5.80. The number of ether oxygens (including phenoxy) is 3. The van der Waals surface area contributed by atoms with Gasteiger partial charge in [-0.05, 0) is 30.3 Å². The number of hydrogen-bond acceptors (Lipinski definition) is 5. The quantitative estimate of drug-likeness (QED) is 0.778. The molecule has 0 fully saturated rings. The van der Waals surface area contributed by atoms with Gasteiger partial charge in [0, 0.05) is 16.8 Å². The second-order valence-corrected chi connectivity index (χ2v) is 5.12. The number of anilines is 1. The van der Waals surface area contributed by atoms with Crippen molar-refractivity contribution in [3.8, 4) is 11.5 Å². The molecule has 0 unspecified atom stereocenters. The van der Waals surface area contributed by atoms with E-state index in [1.807, 2.05) is 0 Å². The van der Waals surface area contributed by atoms with Gasteiger partial charge in [0.1, 0.15) is 11.5 Å². The summed E-state index contributed by atoms with van der Waals surface area (Å²) in [7, 11) is 1.53. The van der Waals surface area contributed by atoms with Crippen LogP contribution in [0.2, 0.25) is 5.02 Å². The standard InChI is InChI=1S/C17H16ClNO5/c1-22-14-6-3-5-13(9-14)19-16(20)10-24-17(21)11-23-15-7-2-4-12(18)8-15/h2-9H,10-11H2,1H3,(H,19,20).